The minimum absolute atomic E-state index is 0.0327. The molecule has 0 aromatic heterocycles. The number of hydrogen-bond acceptors (Lipinski definition) is 5. The van der Waals surface area contributed by atoms with Gasteiger partial charge in [0.1, 0.15) is 16.4 Å². The third kappa shape index (κ3) is 4.84. The van der Waals surface area contributed by atoms with Gasteiger partial charge in [-0.2, -0.15) is 0 Å². The normalized spacial score (nSPS) is 11.0. The number of ether oxygens (including phenoxy) is 1. The quantitative estimate of drug-likeness (QED) is 0.512. The zero-order chi connectivity index (χ0) is 21.7. The van der Waals surface area contributed by atoms with E-state index < -0.39 is 15.9 Å². The van der Waals surface area contributed by atoms with Gasteiger partial charge in [-0.05, 0) is 36.4 Å². The lowest BCUT2D eigenvalue weighted by Crippen LogP contribution is -2.23. The highest BCUT2D eigenvalue weighted by atomic mass is 35.5. The number of rotatable bonds is 7. The van der Waals surface area contributed by atoms with Gasteiger partial charge in [-0.15, -0.1) is 0 Å². The molecule has 30 heavy (non-hydrogen) atoms. The van der Waals surface area contributed by atoms with Gasteiger partial charge in [-0.1, -0.05) is 41.9 Å². The number of nitrogens with one attached hydrogen (secondary N) is 2. The summed E-state index contributed by atoms with van der Waals surface area (Å²) in [5, 5.41) is 12.4. The highest BCUT2D eigenvalue weighted by Crippen LogP contribution is 2.29. The van der Waals surface area contributed by atoms with E-state index in [9.17, 15) is 18.3 Å². The van der Waals surface area contributed by atoms with E-state index in [1.807, 2.05) is 0 Å². The topological polar surface area (TPSA) is 105 Å². The molecule has 0 aliphatic heterocycles. The van der Waals surface area contributed by atoms with E-state index in [1.165, 1.54) is 31.4 Å². The molecule has 9 heteroatoms. The molecule has 3 aromatic rings. The Morgan fingerprint density at radius 3 is 2.50 bits per heavy atom. The summed E-state index contributed by atoms with van der Waals surface area (Å²) in [6.07, 6.45) is 0. The number of aromatic hydroxyl groups is 1. The first-order chi connectivity index (χ1) is 14.3. The maximum Gasteiger partial charge on any atom is 0.263 e. The lowest BCUT2D eigenvalue weighted by atomic mass is 10.2. The van der Waals surface area contributed by atoms with Crippen LogP contribution in [0.25, 0.3) is 0 Å². The second kappa shape index (κ2) is 9.06. The van der Waals surface area contributed by atoms with Gasteiger partial charge in [0.15, 0.2) is 0 Å². The molecule has 0 aliphatic rings. The minimum atomic E-state index is -4.09. The first kappa shape index (κ1) is 21.5. The van der Waals surface area contributed by atoms with Crippen molar-refractivity contribution in [2.45, 2.75) is 11.4 Å². The number of anilines is 1. The van der Waals surface area contributed by atoms with Gasteiger partial charge in [0.05, 0.1) is 17.8 Å². The van der Waals surface area contributed by atoms with Crippen molar-refractivity contribution in [3.8, 4) is 11.5 Å². The molecule has 0 fully saturated rings. The smallest absolute Gasteiger partial charge is 0.263 e. The number of benzene rings is 3. The fourth-order valence-corrected chi connectivity index (χ4v) is 4.31. The van der Waals surface area contributed by atoms with Gasteiger partial charge in [-0.3, -0.25) is 9.52 Å². The zero-order valence-electron chi connectivity index (χ0n) is 15.9. The summed E-state index contributed by atoms with van der Waals surface area (Å²) in [7, 11) is -2.66. The molecule has 3 rings (SSSR count). The van der Waals surface area contributed by atoms with Crippen molar-refractivity contribution in [1.29, 1.82) is 0 Å². The molecule has 7 nitrogen and oxygen atoms in total. The van der Waals surface area contributed by atoms with Crippen LogP contribution in [0.2, 0.25) is 5.02 Å². The van der Waals surface area contributed by atoms with Gasteiger partial charge in [0.25, 0.3) is 15.9 Å². The van der Waals surface area contributed by atoms with Crippen LogP contribution in [-0.4, -0.2) is 26.5 Å². The Labute approximate surface area is 179 Å². The fraction of sp³-hybridized carbons (Fsp3) is 0.0952. The van der Waals surface area contributed by atoms with E-state index in [2.05, 4.69) is 10.0 Å². The lowest BCUT2D eigenvalue weighted by molar-refractivity contribution is 0.0950. The number of phenols is 1. The molecular weight excluding hydrogens is 428 g/mol. The first-order valence-electron chi connectivity index (χ1n) is 8.82. The van der Waals surface area contributed by atoms with E-state index in [0.29, 0.717) is 11.3 Å². The number of carbonyl (C=O) groups is 1. The number of hydrogen-bond donors (Lipinski definition) is 3. The highest BCUT2D eigenvalue weighted by molar-refractivity contribution is 7.92. The third-order valence-electron chi connectivity index (χ3n) is 4.27. The maximum atomic E-state index is 12.9. The summed E-state index contributed by atoms with van der Waals surface area (Å²) in [5.74, 6) is -0.115. The van der Waals surface area contributed by atoms with E-state index in [1.54, 1.807) is 42.5 Å². The third-order valence-corrected chi connectivity index (χ3v) is 6.11. The Balaban J connectivity index is 1.83. The van der Waals surface area contributed by atoms with Crippen molar-refractivity contribution < 1.29 is 23.1 Å². The van der Waals surface area contributed by atoms with Crippen molar-refractivity contribution in [1.82, 2.24) is 5.32 Å². The standard InChI is InChI=1S/C21H19ClN2O5S/c1-29-19-9-5-3-7-17(19)24-30(27,28)20-12-14(10-11-16(20)22)21(26)23-13-15-6-2-4-8-18(15)25/h2-12,24-25H,13H2,1H3,(H,23,26). The number of carbonyl (C=O) groups excluding carboxylic acids is 1. The van der Waals surface area contributed by atoms with Crippen LogP contribution in [0.3, 0.4) is 0 Å². The van der Waals surface area contributed by atoms with Gasteiger partial charge in [0.2, 0.25) is 0 Å². The molecule has 3 N–H and O–H groups in total. The molecule has 0 radical (unpaired) electrons. The van der Waals surface area contributed by atoms with E-state index in [4.69, 9.17) is 16.3 Å². The van der Waals surface area contributed by atoms with Crippen LogP contribution >= 0.6 is 11.6 Å². The Morgan fingerprint density at radius 1 is 1.07 bits per heavy atom. The first-order valence-corrected chi connectivity index (χ1v) is 10.7. The number of sulfonamides is 1. The van der Waals surface area contributed by atoms with Crippen LogP contribution in [0, 0.1) is 0 Å². The summed E-state index contributed by atoms with van der Waals surface area (Å²) in [6, 6.07) is 17.1. The van der Waals surface area contributed by atoms with Gasteiger partial charge in [0, 0.05) is 17.7 Å². The largest absolute Gasteiger partial charge is 0.508 e. The predicted octanol–water partition coefficient (Wildman–Crippen LogP) is 3.79. The van der Waals surface area contributed by atoms with Crippen molar-refractivity contribution in [2.75, 3.05) is 11.8 Å². The average molecular weight is 447 g/mol. The Morgan fingerprint density at radius 2 is 1.77 bits per heavy atom. The summed E-state index contributed by atoms with van der Waals surface area (Å²) >= 11 is 6.10. The minimum Gasteiger partial charge on any atom is -0.508 e. The van der Waals surface area contributed by atoms with E-state index >= 15 is 0 Å². The fourth-order valence-electron chi connectivity index (χ4n) is 2.72. The molecule has 1 amide bonds. The Kier molecular flexibility index (Phi) is 6.49. The number of amides is 1. The zero-order valence-corrected chi connectivity index (χ0v) is 17.5. The van der Waals surface area contributed by atoms with Crippen LogP contribution in [0.5, 0.6) is 11.5 Å². The number of halogens is 1. The molecule has 3 aromatic carbocycles. The van der Waals surface area contributed by atoms with Crippen molar-refractivity contribution in [3.05, 3.63) is 82.9 Å². The van der Waals surface area contributed by atoms with Crippen molar-refractivity contribution in [2.24, 2.45) is 0 Å². The lowest BCUT2D eigenvalue weighted by Gasteiger charge is -2.13. The number of methoxy groups -OCH3 is 1. The molecule has 0 unspecified atom stereocenters. The maximum absolute atomic E-state index is 12.9. The SMILES string of the molecule is COc1ccccc1NS(=O)(=O)c1cc(C(=O)NCc2ccccc2O)ccc1Cl. The summed E-state index contributed by atoms with van der Waals surface area (Å²) in [4.78, 5) is 12.3. The second-order valence-electron chi connectivity index (χ2n) is 6.26. The van der Waals surface area contributed by atoms with Crippen LogP contribution < -0.4 is 14.8 Å². The molecule has 156 valence electrons. The molecule has 0 saturated heterocycles. The molecule has 0 bridgehead atoms. The molecule has 0 spiro atoms. The number of phenolic OH excluding ortho intramolecular Hbond substituents is 1. The van der Waals surface area contributed by atoms with Gasteiger partial charge in [-0.25, -0.2) is 8.42 Å². The summed E-state index contributed by atoms with van der Waals surface area (Å²) in [6.45, 7) is 0.0790. The van der Waals surface area contributed by atoms with Crippen molar-refractivity contribution >= 4 is 33.2 Å². The Bertz CT molecular complexity index is 1180. The molecule has 0 heterocycles. The van der Waals surface area contributed by atoms with Gasteiger partial charge >= 0.3 is 0 Å². The highest BCUT2D eigenvalue weighted by Gasteiger charge is 2.22. The molecular formula is C21H19ClN2O5S. The van der Waals surface area contributed by atoms with Crippen LogP contribution in [0.15, 0.2) is 71.6 Å². The Hall–Kier alpha value is -3.23. The van der Waals surface area contributed by atoms with Crippen molar-refractivity contribution in [3.63, 3.8) is 0 Å². The number of para-hydroxylation sites is 3. The predicted molar refractivity (Wildman–Crippen MR) is 115 cm³/mol. The molecule has 0 aliphatic carbocycles. The van der Waals surface area contributed by atoms with E-state index in [-0.39, 0.29) is 33.5 Å². The summed E-state index contributed by atoms with van der Waals surface area (Å²) < 4.78 is 33.3. The van der Waals surface area contributed by atoms with Crippen LogP contribution in [-0.2, 0) is 16.6 Å². The van der Waals surface area contributed by atoms with Crippen LogP contribution in [0.1, 0.15) is 15.9 Å². The van der Waals surface area contributed by atoms with Crippen LogP contribution in [0.4, 0.5) is 5.69 Å². The van der Waals surface area contributed by atoms with Gasteiger partial charge < -0.3 is 15.2 Å². The second-order valence-corrected chi connectivity index (χ2v) is 8.32. The monoisotopic (exact) mass is 446 g/mol. The summed E-state index contributed by atoms with van der Waals surface area (Å²) in [5.41, 5.74) is 0.881. The molecule has 0 saturated carbocycles. The molecule has 0 atom stereocenters. The average Bonchev–Trinajstić information content (AvgIpc) is 2.73. The van der Waals surface area contributed by atoms with E-state index in [0.717, 1.165) is 0 Å².